The molecule has 0 spiro atoms. The number of carbonyl (C=O) groups excluding carboxylic acids is 2. The quantitative estimate of drug-likeness (QED) is 0.822. The van der Waals surface area contributed by atoms with Crippen LogP contribution in [0.2, 0.25) is 0 Å². The lowest BCUT2D eigenvalue weighted by atomic mass is 9.87. The monoisotopic (exact) mass is 361 g/mol. The first-order valence-corrected chi connectivity index (χ1v) is 8.98. The molecule has 1 N–H and O–H groups in total. The lowest BCUT2D eigenvalue weighted by Gasteiger charge is -2.35. The molecular weight excluding hydrogens is 334 g/mol. The first-order valence-electron chi connectivity index (χ1n) is 8.98. The number of likely N-dealkylation sites (N-methyl/N-ethyl adjacent to an activating group) is 1. The molecule has 3 rings (SSSR count). The Labute approximate surface area is 154 Å². The fraction of sp³-hybridized carbons (Fsp3) is 0.579. The lowest BCUT2D eigenvalue weighted by Crippen LogP contribution is -2.52. The number of amides is 2. The van der Waals surface area contributed by atoms with Crippen molar-refractivity contribution in [3.8, 4) is 11.5 Å². The summed E-state index contributed by atoms with van der Waals surface area (Å²) in [5, 5.41) is 3.19. The molecule has 2 heterocycles. The minimum atomic E-state index is -0.421. The van der Waals surface area contributed by atoms with Crippen LogP contribution >= 0.6 is 0 Å². The molecule has 2 aliphatic rings. The molecule has 7 nitrogen and oxygen atoms in total. The normalized spacial score (nSPS) is 21.3. The lowest BCUT2D eigenvalue weighted by molar-refractivity contribution is -0.141. The Balaban J connectivity index is 1.74. The zero-order valence-electron chi connectivity index (χ0n) is 15.8. The smallest absolute Gasteiger partial charge is 0.249 e. The third kappa shape index (κ3) is 3.35. The number of nitrogens with zero attached hydrogens (tertiary/aromatic N) is 2. The molecule has 26 heavy (non-hydrogen) atoms. The third-order valence-corrected chi connectivity index (χ3v) is 5.55. The zero-order chi connectivity index (χ0) is 18.8. The molecule has 2 saturated heterocycles. The van der Waals surface area contributed by atoms with Crippen LogP contribution in [0, 0.1) is 11.8 Å². The molecule has 2 unspecified atom stereocenters. The molecule has 1 aromatic carbocycles. The number of nitrogens with one attached hydrogen (secondary N) is 1. The van der Waals surface area contributed by atoms with E-state index < -0.39 is 6.04 Å². The highest BCUT2D eigenvalue weighted by molar-refractivity contribution is 6.01. The molecular formula is C19H27N3O4. The van der Waals surface area contributed by atoms with E-state index in [-0.39, 0.29) is 17.7 Å². The second-order valence-corrected chi connectivity index (χ2v) is 7.02. The summed E-state index contributed by atoms with van der Waals surface area (Å²) in [5.74, 6) is 1.53. The summed E-state index contributed by atoms with van der Waals surface area (Å²) in [4.78, 5) is 29.0. The van der Waals surface area contributed by atoms with E-state index in [4.69, 9.17) is 9.47 Å². The van der Waals surface area contributed by atoms with Crippen LogP contribution < -0.4 is 19.7 Å². The summed E-state index contributed by atoms with van der Waals surface area (Å²) >= 11 is 0. The van der Waals surface area contributed by atoms with Gasteiger partial charge in [-0.25, -0.2) is 0 Å². The van der Waals surface area contributed by atoms with Gasteiger partial charge in [-0.15, -0.1) is 0 Å². The highest BCUT2D eigenvalue weighted by Gasteiger charge is 2.40. The second kappa shape index (κ2) is 7.53. The van der Waals surface area contributed by atoms with Crippen LogP contribution in [0.15, 0.2) is 18.2 Å². The molecule has 2 aliphatic heterocycles. The van der Waals surface area contributed by atoms with Crippen molar-refractivity contribution >= 4 is 17.5 Å². The Hall–Kier alpha value is -2.28. The number of benzene rings is 1. The Morgan fingerprint density at radius 3 is 2.35 bits per heavy atom. The van der Waals surface area contributed by atoms with Crippen LogP contribution in [0.5, 0.6) is 11.5 Å². The average molecular weight is 361 g/mol. The fourth-order valence-corrected chi connectivity index (χ4v) is 3.57. The minimum absolute atomic E-state index is 0.0416. The Kier molecular flexibility index (Phi) is 5.36. The molecule has 0 aliphatic carbocycles. The van der Waals surface area contributed by atoms with Gasteiger partial charge in [0.25, 0.3) is 0 Å². The molecule has 142 valence electrons. The molecule has 0 aromatic heterocycles. The van der Waals surface area contributed by atoms with Crippen molar-refractivity contribution in [1.82, 2.24) is 10.2 Å². The summed E-state index contributed by atoms with van der Waals surface area (Å²) in [6, 6.07) is 4.97. The summed E-state index contributed by atoms with van der Waals surface area (Å²) in [7, 11) is 4.90. The van der Waals surface area contributed by atoms with E-state index in [1.165, 1.54) is 0 Å². The highest BCUT2D eigenvalue weighted by Crippen LogP contribution is 2.32. The number of methoxy groups -OCH3 is 2. The summed E-state index contributed by atoms with van der Waals surface area (Å²) in [6.45, 7) is 4.26. The van der Waals surface area contributed by atoms with Crippen LogP contribution in [0.1, 0.15) is 13.3 Å². The van der Waals surface area contributed by atoms with Crippen molar-refractivity contribution in [1.29, 1.82) is 0 Å². The SMILES string of the molecule is COc1cc(OC)cc(N2CCC(N(C)C(=O)C(C)C3CNC3)C2=O)c1. The van der Waals surface area contributed by atoms with Gasteiger partial charge in [0.1, 0.15) is 17.5 Å². The summed E-state index contributed by atoms with van der Waals surface area (Å²) < 4.78 is 10.6. The topological polar surface area (TPSA) is 71.1 Å². The van der Waals surface area contributed by atoms with Gasteiger partial charge in [0.2, 0.25) is 11.8 Å². The van der Waals surface area contributed by atoms with Crippen LogP contribution in [-0.4, -0.2) is 63.7 Å². The van der Waals surface area contributed by atoms with Crippen molar-refractivity contribution in [2.45, 2.75) is 19.4 Å². The third-order valence-electron chi connectivity index (χ3n) is 5.55. The van der Waals surface area contributed by atoms with E-state index in [2.05, 4.69) is 5.32 Å². The molecule has 0 radical (unpaired) electrons. The fourth-order valence-electron chi connectivity index (χ4n) is 3.57. The maximum absolute atomic E-state index is 13.0. The highest BCUT2D eigenvalue weighted by atomic mass is 16.5. The number of ether oxygens (including phenoxy) is 2. The molecule has 0 bridgehead atoms. The Morgan fingerprint density at radius 2 is 1.85 bits per heavy atom. The van der Waals surface area contributed by atoms with Gasteiger partial charge in [0, 0.05) is 37.7 Å². The van der Waals surface area contributed by atoms with Crippen molar-refractivity contribution in [2.24, 2.45) is 11.8 Å². The average Bonchev–Trinajstić information content (AvgIpc) is 2.99. The summed E-state index contributed by atoms with van der Waals surface area (Å²) in [5.41, 5.74) is 0.728. The maximum atomic E-state index is 13.0. The van der Waals surface area contributed by atoms with E-state index in [1.54, 1.807) is 37.1 Å². The molecule has 2 fully saturated rings. The maximum Gasteiger partial charge on any atom is 0.249 e. The van der Waals surface area contributed by atoms with E-state index in [0.29, 0.717) is 30.4 Å². The van der Waals surface area contributed by atoms with Gasteiger partial charge < -0.3 is 24.6 Å². The number of hydrogen-bond acceptors (Lipinski definition) is 5. The standard InChI is InChI=1S/C19H27N3O4/c1-12(13-10-20-11-13)18(23)21(2)17-5-6-22(19(17)24)14-7-15(25-3)9-16(8-14)26-4/h7-9,12-13,17,20H,5-6,10-11H2,1-4H3. The first kappa shape index (κ1) is 18.5. The van der Waals surface area contributed by atoms with Gasteiger partial charge in [-0.1, -0.05) is 6.92 Å². The van der Waals surface area contributed by atoms with Crippen LogP contribution in [0.4, 0.5) is 5.69 Å². The first-order chi connectivity index (χ1) is 12.5. The van der Waals surface area contributed by atoms with Crippen molar-refractivity contribution in [3.63, 3.8) is 0 Å². The van der Waals surface area contributed by atoms with Gasteiger partial charge in [-0.3, -0.25) is 9.59 Å². The molecule has 2 atom stereocenters. The van der Waals surface area contributed by atoms with Crippen LogP contribution in [0.25, 0.3) is 0 Å². The van der Waals surface area contributed by atoms with Crippen LogP contribution in [-0.2, 0) is 9.59 Å². The van der Waals surface area contributed by atoms with Gasteiger partial charge >= 0.3 is 0 Å². The molecule has 7 heteroatoms. The number of hydrogen-bond donors (Lipinski definition) is 1. The van der Waals surface area contributed by atoms with Gasteiger partial charge in [-0.05, 0) is 25.4 Å². The van der Waals surface area contributed by atoms with Crippen molar-refractivity contribution < 1.29 is 19.1 Å². The van der Waals surface area contributed by atoms with Gasteiger partial charge in [0.05, 0.1) is 19.9 Å². The number of carbonyl (C=O) groups is 2. The Bertz CT molecular complexity index is 667. The molecule has 0 saturated carbocycles. The largest absolute Gasteiger partial charge is 0.497 e. The Morgan fingerprint density at radius 1 is 1.23 bits per heavy atom. The van der Waals surface area contributed by atoms with E-state index in [0.717, 1.165) is 18.8 Å². The molecule has 2 amide bonds. The van der Waals surface area contributed by atoms with Gasteiger partial charge in [-0.2, -0.15) is 0 Å². The van der Waals surface area contributed by atoms with E-state index >= 15 is 0 Å². The molecule has 1 aromatic rings. The van der Waals surface area contributed by atoms with Crippen molar-refractivity contribution in [3.05, 3.63) is 18.2 Å². The second-order valence-electron chi connectivity index (χ2n) is 7.02. The number of anilines is 1. The summed E-state index contributed by atoms with van der Waals surface area (Å²) in [6.07, 6.45) is 0.621. The zero-order valence-corrected chi connectivity index (χ0v) is 15.8. The predicted octanol–water partition coefficient (Wildman–Crippen LogP) is 1.12. The van der Waals surface area contributed by atoms with Crippen LogP contribution in [0.3, 0.4) is 0 Å². The minimum Gasteiger partial charge on any atom is -0.497 e. The van der Waals surface area contributed by atoms with E-state index in [1.807, 2.05) is 19.1 Å². The number of rotatable bonds is 6. The van der Waals surface area contributed by atoms with Crippen molar-refractivity contribution in [2.75, 3.05) is 45.8 Å². The predicted molar refractivity (Wildman–Crippen MR) is 98.6 cm³/mol. The van der Waals surface area contributed by atoms with E-state index in [9.17, 15) is 9.59 Å². The van der Waals surface area contributed by atoms with Gasteiger partial charge in [0.15, 0.2) is 0 Å².